The van der Waals surface area contributed by atoms with E-state index in [9.17, 15) is 14.9 Å². The standard InChI is InChI=1S/C8H7Cl2N3O3.C8H6Cl2N2O/c9-7-4-2-1-3-5(16-13(14)15)6(4)11-8(10)12-7;9-7-4-2-1-3-5(13)6(4)11-8(10)12-7/h5H,1-3H2;1-3H2. The Balaban J connectivity index is 0.000000169. The van der Waals surface area contributed by atoms with E-state index in [2.05, 4.69) is 24.8 Å². The Morgan fingerprint density at radius 3 is 2.21 bits per heavy atom. The zero-order chi connectivity index (χ0) is 21.1. The fraction of sp³-hybridized carbons (Fsp3) is 0.438. The molecule has 0 amide bonds. The van der Waals surface area contributed by atoms with Crippen molar-refractivity contribution in [2.45, 2.75) is 44.6 Å². The van der Waals surface area contributed by atoms with Crippen LogP contribution >= 0.6 is 46.4 Å². The summed E-state index contributed by atoms with van der Waals surface area (Å²) in [5, 5.41) is 10.1. The van der Waals surface area contributed by atoms with Crippen molar-refractivity contribution >= 4 is 52.2 Å². The second kappa shape index (κ2) is 9.34. The number of hydrogen-bond acceptors (Lipinski definition) is 8. The zero-order valence-corrected chi connectivity index (χ0v) is 17.7. The second-order valence-corrected chi connectivity index (χ2v) is 7.64. The number of ketones is 1. The minimum Gasteiger partial charge on any atom is -0.304 e. The van der Waals surface area contributed by atoms with Gasteiger partial charge in [-0.1, -0.05) is 23.2 Å². The molecule has 0 N–H and O–H groups in total. The Labute approximate surface area is 184 Å². The van der Waals surface area contributed by atoms with E-state index in [1.54, 1.807) is 0 Å². The van der Waals surface area contributed by atoms with Crippen LogP contribution in [-0.4, -0.2) is 30.8 Å². The van der Waals surface area contributed by atoms with E-state index in [0.29, 0.717) is 41.4 Å². The van der Waals surface area contributed by atoms with Gasteiger partial charge in [0.15, 0.2) is 5.78 Å². The molecule has 2 heterocycles. The van der Waals surface area contributed by atoms with Crippen molar-refractivity contribution in [1.29, 1.82) is 0 Å². The van der Waals surface area contributed by atoms with E-state index in [4.69, 9.17) is 46.4 Å². The molecule has 0 saturated heterocycles. The van der Waals surface area contributed by atoms with Crippen LogP contribution in [0, 0.1) is 10.1 Å². The monoisotopic (exact) mass is 479 g/mol. The molecule has 29 heavy (non-hydrogen) atoms. The van der Waals surface area contributed by atoms with E-state index >= 15 is 0 Å². The zero-order valence-electron chi connectivity index (χ0n) is 14.7. The second-order valence-electron chi connectivity index (χ2n) is 6.24. The average Bonchev–Trinajstić information content (AvgIpc) is 2.63. The lowest BCUT2D eigenvalue weighted by Gasteiger charge is -2.22. The molecule has 154 valence electrons. The molecule has 0 aromatic carbocycles. The number of Topliss-reactive ketones (excluding diaryl/α,β-unsaturated/α-hetero) is 1. The molecule has 1 atom stereocenters. The highest BCUT2D eigenvalue weighted by molar-refractivity contribution is 6.33. The van der Waals surface area contributed by atoms with Crippen molar-refractivity contribution in [3.63, 3.8) is 0 Å². The number of rotatable bonds is 2. The molecule has 4 rings (SSSR count). The van der Waals surface area contributed by atoms with Gasteiger partial charge in [-0.05, 0) is 55.3 Å². The molecule has 0 saturated carbocycles. The van der Waals surface area contributed by atoms with Crippen molar-refractivity contribution in [2.24, 2.45) is 0 Å². The predicted octanol–water partition coefficient (Wildman–Crippen LogP) is 4.67. The largest absolute Gasteiger partial charge is 0.304 e. The summed E-state index contributed by atoms with van der Waals surface area (Å²) in [5.74, 6) is 0.00690. The van der Waals surface area contributed by atoms with Gasteiger partial charge in [0, 0.05) is 17.5 Å². The lowest BCUT2D eigenvalue weighted by atomic mass is 9.95. The molecule has 2 aromatic heterocycles. The third-order valence-corrected chi connectivity index (χ3v) is 5.36. The third-order valence-electron chi connectivity index (χ3n) is 4.40. The molecular weight excluding hydrogens is 468 g/mol. The van der Waals surface area contributed by atoms with Crippen LogP contribution < -0.4 is 0 Å². The number of halogens is 4. The summed E-state index contributed by atoms with van der Waals surface area (Å²) >= 11 is 23.0. The van der Waals surface area contributed by atoms with Gasteiger partial charge >= 0.3 is 0 Å². The summed E-state index contributed by atoms with van der Waals surface area (Å²) in [4.78, 5) is 41.7. The van der Waals surface area contributed by atoms with Crippen molar-refractivity contribution in [3.05, 3.63) is 53.5 Å². The molecular formula is C16H13Cl4N5O4. The maximum atomic E-state index is 11.4. The summed E-state index contributed by atoms with van der Waals surface area (Å²) < 4.78 is 0. The summed E-state index contributed by atoms with van der Waals surface area (Å²) in [5.41, 5.74) is 2.25. The lowest BCUT2D eigenvalue weighted by Crippen LogP contribution is -2.18. The Morgan fingerprint density at radius 1 is 0.897 bits per heavy atom. The molecule has 0 radical (unpaired) electrons. The first-order valence-electron chi connectivity index (χ1n) is 8.54. The average molecular weight is 481 g/mol. The van der Waals surface area contributed by atoms with Crippen LogP contribution in [0.2, 0.25) is 20.9 Å². The Hall–Kier alpha value is -1.81. The van der Waals surface area contributed by atoms with Gasteiger partial charge in [-0.25, -0.2) is 19.9 Å². The highest BCUT2D eigenvalue weighted by atomic mass is 35.5. The van der Waals surface area contributed by atoms with Crippen molar-refractivity contribution in [1.82, 2.24) is 19.9 Å². The molecule has 13 heteroatoms. The molecule has 1 unspecified atom stereocenters. The summed E-state index contributed by atoms with van der Waals surface area (Å²) in [6, 6.07) is 0. The summed E-state index contributed by atoms with van der Waals surface area (Å²) in [6.45, 7) is 0. The van der Waals surface area contributed by atoms with E-state index in [1.807, 2.05) is 0 Å². The number of carbonyl (C=O) groups excluding carboxylic acids is 1. The first kappa shape index (κ1) is 21.9. The van der Waals surface area contributed by atoms with Gasteiger partial charge in [0.25, 0.3) is 5.09 Å². The predicted molar refractivity (Wildman–Crippen MR) is 105 cm³/mol. The molecule has 0 fully saturated rings. The molecule has 9 nitrogen and oxygen atoms in total. The minimum absolute atomic E-state index is 0.00690. The quantitative estimate of drug-likeness (QED) is 0.263. The fourth-order valence-corrected chi connectivity index (χ4v) is 4.14. The van der Waals surface area contributed by atoms with Gasteiger partial charge in [0.2, 0.25) is 10.6 Å². The molecule has 2 aliphatic carbocycles. The van der Waals surface area contributed by atoms with E-state index in [1.165, 1.54) is 0 Å². The van der Waals surface area contributed by atoms with Gasteiger partial charge in [-0.3, -0.25) is 4.79 Å². The van der Waals surface area contributed by atoms with Crippen LogP contribution in [0.4, 0.5) is 0 Å². The summed E-state index contributed by atoms with van der Waals surface area (Å²) in [7, 11) is 0. The van der Waals surface area contributed by atoms with Crippen LogP contribution in [0.15, 0.2) is 0 Å². The Kier molecular flexibility index (Phi) is 7.05. The number of nitrogens with zero attached hydrogens (tertiary/aromatic N) is 5. The van der Waals surface area contributed by atoms with Gasteiger partial charge in [-0.2, -0.15) is 0 Å². The maximum absolute atomic E-state index is 11.4. The number of hydrogen-bond donors (Lipinski definition) is 0. The van der Waals surface area contributed by atoms with Crippen LogP contribution in [0.25, 0.3) is 0 Å². The normalized spacial score (nSPS) is 17.5. The minimum atomic E-state index is -0.830. The van der Waals surface area contributed by atoms with Crippen molar-refractivity contribution < 1.29 is 14.7 Å². The molecule has 2 aromatic rings. The highest BCUT2D eigenvalue weighted by Crippen LogP contribution is 2.34. The van der Waals surface area contributed by atoms with Crippen LogP contribution in [0.1, 0.15) is 59.1 Å². The SMILES string of the molecule is O=C1CCCc2c(Cl)nc(Cl)nc21.O=[N+]([O-])OC1CCCc2c(Cl)nc(Cl)nc21. The first-order valence-corrected chi connectivity index (χ1v) is 10.1. The molecule has 2 aliphatic rings. The lowest BCUT2D eigenvalue weighted by molar-refractivity contribution is -0.771. The maximum Gasteiger partial charge on any atom is 0.295 e. The van der Waals surface area contributed by atoms with E-state index < -0.39 is 11.2 Å². The number of aromatic nitrogens is 4. The van der Waals surface area contributed by atoms with Crippen molar-refractivity contribution in [2.75, 3.05) is 0 Å². The molecule has 0 aliphatic heterocycles. The number of carbonyl (C=O) groups is 1. The topological polar surface area (TPSA) is 121 Å². The molecule has 0 bridgehead atoms. The number of fused-ring (bicyclic) bond motifs is 2. The van der Waals surface area contributed by atoms with E-state index in [0.717, 1.165) is 24.8 Å². The van der Waals surface area contributed by atoms with E-state index in [-0.39, 0.29) is 21.5 Å². The Bertz CT molecular complexity index is 975. The highest BCUT2D eigenvalue weighted by Gasteiger charge is 2.28. The van der Waals surface area contributed by atoms with Crippen LogP contribution in [-0.2, 0) is 17.7 Å². The van der Waals surface area contributed by atoms with Gasteiger partial charge in [-0.15, -0.1) is 10.1 Å². The smallest absolute Gasteiger partial charge is 0.295 e. The van der Waals surface area contributed by atoms with Gasteiger partial charge in [0.05, 0.1) is 5.69 Å². The van der Waals surface area contributed by atoms with Crippen LogP contribution in [0.5, 0.6) is 0 Å². The third kappa shape index (κ3) is 5.22. The molecule has 0 spiro atoms. The summed E-state index contributed by atoms with van der Waals surface area (Å²) in [6.07, 6.45) is 3.36. The van der Waals surface area contributed by atoms with Crippen LogP contribution in [0.3, 0.4) is 0 Å². The first-order chi connectivity index (χ1) is 13.8. The van der Waals surface area contributed by atoms with Gasteiger partial charge in [0.1, 0.15) is 22.1 Å². The van der Waals surface area contributed by atoms with Crippen molar-refractivity contribution in [3.8, 4) is 0 Å². The van der Waals surface area contributed by atoms with Gasteiger partial charge < -0.3 is 4.84 Å². The Morgan fingerprint density at radius 2 is 1.52 bits per heavy atom. The fourth-order valence-electron chi connectivity index (χ4n) is 3.18.